The fraction of sp³-hybridized carbons (Fsp3) is 0.250. The minimum Gasteiger partial charge on any atom is -0.342 e. The third-order valence-corrected chi connectivity index (χ3v) is 4.96. The van der Waals surface area contributed by atoms with Gasteiger partial charge >= 0.3 is 0 Å². The molecule has 2 aromatic heterocycles. The summed E-state index contributed by atoms with van der Waals surface area (Å²) in [5.41, 5.74) is 8.49. The lowest BCUT2D eigenvalue weighted by molar-refractivity contribution is 0.738. The quantitative estimate of drug-likeness (QED) is 0.743. The summed E-state index contributed by atoms with van der Waals surface area (Å²) >= 11 is 5.31. The van der Waals surface area contributed by atoms with Gasteiger partial charge in [0.05, 0.1) is 10.3 Å². The van der Waals surface area contributed by atoms with Crippen LogP contribution in [0.2, 0.25) is 0 Å². The third-order valence-electron chi connectivity index (χ3n) is 3.35. The number of aromatic nitrogens is 1. The lowest BCUT2D eigenvalue weighted by atomic mass is 10.1. The maximum Gasteiger partial charge on any atom is 0.0702 e. The molecule has 3 rings (SSSR count). The van der Waals surface area contributed by atoms with E-state index in [4.69, 9.17) is 5.73 Å². The van der Waals surface area contributed by atoms with Gasteiger partial charge in [-0.2, -0.15) is 0 Å². The van der Waals surface area contributed by atoms with E-state index in [1.807, 2.05) is 6.92 Å². The number of benzene rings is 1. The van der Waals surface area contributed by atoms with E-state index in [1.165, 1.54) is 25.1 Å². The van der Waals surface area contributed by atoms with Gasteiger partial charge < -0.3 is 10.3 Å². The largest absolute Gasteiger partial charge is 0.342 e. The molecule has 1 atom stereocenters. The second-order valence-corrected chi connectivity index (χ2v) is 7.77. The van der Waals surface area contributed by atoms with Gasteiger partial charge in [0.25, 0.3) is 0 Å². The average molecular weight is 349 g/mol. The van der Waals surface area contributed by atoms with Crippen LogP contribution in [0.3, 0.4) is 0 Å². The summed E-state index contributed by atoms with van der Waals surface area (Å²) in [6.07, 6.45) is 3.08. The first-order valence-electron chi connectivity index (χ1n) is 6.69. The Balaban J connectivity index is 1.94. The number of hydrogen-bond donors (Lipinski definition) is 1. The zero-order valence-corrected chi connectivity index (χ0v) is 13.7. The first-order chi connectivity index (χ1) is 9.61. The highest BCUT2D eigenvalue weighted by Crippen LogP contribution is 2.25. The molecule has 2 heterocycles. The van der Waals surface area contributed by atoms with Crippen molar-refractivity contribution < 1.29 is 0 Å². The number of nitrogens with zero attached hydrogens (tertiary/aromatic N) is 1. The van der Waals surface area contributed by atoms with E-state index in [0.717, 1.165) is 13.0 Å². The molecule has 104 valence electrons. The van der Waals surface area contributed by atoms with Crippen molar-refractivity contribution in [1.29, 1.82) is 0 Å². The van der Waals surface area contributed by atoms with Crippen LogP contribution in [0.25, 0.3) is 10.9 Å². The molecule has 20 heavy (non-hydrogen) atoms. The highest BCUT2D eigenvalue weighted by atomic mass is 79.9. The molecule has 0 saturated heterocycles. The fourth-order valence-electron chi connectivity index (χ4n) is 2.47. The van der Waals surface area contributed by atoms with Crippen molar-refractivity contribution in [2.24, 2.45) is 5.73 Å². The molecular formula is C16H17BrN2S. The van der Waals surface area contributed by atoms with Gasteiger partial charge in [0.1, 0.15) is 0 Å². The van der Waals surface area contributed by atoms with Crippen LogP contribution >= 0.6 is 27.3 Å². The zero-order chi connectivity index (χ0) is 14.1. The van der Waals surface area contributed by atoms with Crippen LogP contribution in [0, 0.1) is 0 Å². The SMILES string of the molecule is CC(N)Cc1ccc2ccn(Cc3ccc(Br)s3)c2c1. The molecule has 2 nitrogen and oxygen atoms in total. The lowest BCUT2D eigenvalue weighted by Crippen LogP contribution is -2.17. The van der Waals surface area contributed by atoms with Crippen LogP contribution < -0.4 is 5.73 Å². The van der Waals surface area contributed by atoms with Crippen molar-refractivity contribution in [3.63, 3.8) is 0 Å². The van der Waals surface area contributed by atoms with Gasteiger partial charge in [-0.25, -0.2) is 0 Å². The third kappa shape index (κ3) is 2.97. The molecular weight excluding hydrogens is 332 g/mol. The van der Waals surface area contributed by atoms with Gasteiger partial charge in [0.15, 0.2) is 0 Å². The molecule has 0 aliphatic carbocycles. The minimum atomic E-state index is 0.198. The van der Waals surface area contributed by atoms with Crippen LogP contribution in [-0.2, 0) is 13.0 Å². The van der Waals surface area contributed by atoms with E-state index >= 15 is 0 Å². The monoisotopic (exact) mass is 348 g/mol. The Bertz CT molecular complexity index is 727. The highest BCUT2D eigenvalue weighted by molar-refractivity contribution is 9.11. The van der Waals surface area contributed by atoms with Gasteiger partial charge in [0, 0.05) is 22.6 Å². The predicted molar refractivity (Wildman–Crippen MR) is 90.4 cm³/mol. The van der Waals surface area contributed by atoms with E-state index in [1.54, 1.807) is 11.3 Å². The summed E-state index contributed by atoms with van der Waals surface area (Å²) < 4.78 is 3.49. The first kappa shape index (κ1) is 13.9. The smallest absolute Gasteiger partial charge is 0.0702 e. The zero-order valence-electron chi connectivity index (χ0n) is 11.3. The second kappa shape index (κ2) is 5.72. The van der Waals surface area contributed by atoms with E-state index in [9.17, 15) is 0 Å². The fourth-order valence-corrected chi connectivity index (χ4v) is 3.95. The van der Waals surface area contributed by atoms with Crippen LogP contribution in [0.1, 0.15) is 17.4 Å². The molecule has 3 aromatic rings. The number of thiophene rings is 1. The normalized spacial score (nSPS) is 12.9. The summed E-state index contributed by atoms with van der Waals surface area (Å²) in [7, 11) is 0. The molecule has 4 heteroatoms. The predicted octanol–water partition coefficient (Wildman–Crippen LogP) is 4.40. The Hall–Kier alpha value is -1.10. The average Bonchev–Trinajstić information content (AvgIpc) is 2.97. The molecule has 1 unspecified atom stereocenters. The highest BCUT2D eigenvalue weighted by Gasteiger charge is 2.06. The molecule has 0 saturated carbocycles. The Morgan fingerprint density at radius 3 is 2.80 bits per heavy atom. The number of nitrogens with two attached hydrogens (primary N) is 1. The number of fused-ring (bicyclic) bond motifs is 1. The van der Waals surface area contributed by atoms with E-state index in [0.29, 0.717) is 0 Å². The Morgan fingerprint density at radius 1 is 1.25 bits per heavy atom. The van der Waals surface area contributed by atoms with E-state index in [-0.39, 0.29) is 6.04 Å². The van der Waals surface area contributed by atoms with Crippen LogP contribution in [0.15, 0.2) is 46.4 Å². The molecule has 0 amide bonds. The molecule has 1 aromatic carbocycles. The lowest BCUT2D eigenvalue weighted by Gasteiger charge is -2.08. The van der Waals surface area contributed by atoms with Crippen molar-refractivity contribution in [2.45, 2.75) is 25.9 Å². The topological polar surface area (TPSA) is 30.9 Å². The summed E-state index contributed by atoms with van der Waals surface area (Å²) in [5, 5.41) is 1.29. The maximum absolute atomic E-state index is 5.90. The Kier molecular flexibility index (Phi) is 3.96. The summed E-state index contributed by atoms with van der Waals surface area (Å²) in [4.78, 5) is 1.35. The van der Waals surface area contributed by atoms with Gasteiger partial charge in [-0.15, -0.1) is 11.3 Å². The van der Waals surface area contributed by atoms with Gasteiger partial charge in [0.2, 0.25) is 0 Å². The van der Waals surface area contributed by atoms with E-state index in [2.05, 4.69) is 63.1 Å². The molecule has 0 aliphatic rings. The number of halogens is 1. The van der Waals surface area contributed by atoms with Crippen molar-refractivity contribution >= 4 is 38.2 Å². The van der Waals surface area contributed by atoms with Crippen molar-refractivity contribution in [3.05, 3.63) is 56.8 Å². The maximum atomic E-state index is 5.90. The second-order valence-electron chi connectivity index (χ2n) is 5.22. The van der Waals surface area contributed by atoms with Crippen molar-refractivity contribution in [1.82, 2.24) is 4.57 Å². The van der Waals surface area contributed by atoms with Crippen LogP contribution in [0.5, 0.6) is 0 Å². The molecule has 0 radical (unpaired) electrons. The number of rotatable bonds is 4. The molecule has 0 spiro atoms. The van der Waals surface area contributed by atoms with Crippen molar-refractivity contribution in [2.75, 3.05) is 0 Å². The molecule has 0 fully saturated rings. The first-order valence-corrected chi connectivity index (χ1v) is 8.30. The van der Waals surface area contributed by atoms with E-state index < -0.39 is 0 Å². The Morgan fingerprint density at radius 2 is 2.10 bits per heavy atom. The summed E-state index contributed by atoms with van der Waals surface area (Å²) in [5.74, 6) is 0. The van der Waals surface area contributed by atoms with Crippen LogP contribution in [0.4, 0.5) is 0 Å². The Labute approximate surface area is 131 Å². The molecule has 0 aliphatic heterocycles. The summed E-state index contributed by atoms with van der Waals surface area (Å²) in [6, 6.07) is 13.3. The van der Waals surface area contributed by atoms with Gasteiger partial charge in [-0.1, -0.05) is 12.1 Å². The summed E-state index contributed by atoms with van der Waals surface area (Å²) in [6.45, 7) is 2.97. The number of hydrogen-bond acceptors (Lipinski definition) is 2. The van der Waals surface area contributed by atoms with Crippen molar-refractivity contribution in [3.8, 4) is 0 Å². The molecule has 0 bridgehead atoms. The van der Waals surface area contributed by atoms with Gasteiger partial charge in [-0.3, -0.25) is 0 Å². The van der Waals surface area contributed by atoms with Gasteiger partial charge in [-0.05, 0) is 64.5 Å². The molecule has 2 N–H and O–H groups in total. The minimum absolute atomic E-state index is 0.198. The van der Waals surface area contributed by atoms with Crippen LogP contribution in [-0.4, -0.2) is 10.6 Å². The standard InChI is InChI=1S/C16H17BrN2S/c1-11(18)8-12-2-3-13-6-7-19(15(13)9-12)10-14-4-5-16(17)20-14/h2-7,9,11H,8,10,18H2,1H3.